The van der Waals surface area contributed by atoms with Gasteiger partial charge in [-0.25, -0.2) is 28.1 Å². The Kier molecular flexibility index (Phi) is 8.63. The van der Waals surface area contributed by atoms with Gasteiger partial charge in [0.2, 0.25) is 0 Å². The number of likely N-dealkylation sites (tertiary alicyclic amines) is 1. The molecule has 1 aromatic heterocycles. The van der Waals surface area contributed by atoms with Crippen LogP contribution in [0.5, 0.6) is 0 Å². The zero-order valence-corrected chi connectivity index (χ0v) is 23.2. The number of hydrogen-bond donors (Lipinski definition) is 2. The number of imide groups is 1. The van der Waals surface area contributed by atoms with E-state index < -0.39 is 35.7 Å². The van der Waals surface area contributed by atoms with Crippen LogP contribution in [-0.2, 0) is 9.53 Å². The van der Waals surface area contributed by atoms with E-state index in [1.807, 2.05) is 18.3 Å². The third-order valence-corrected chi connectivity index (χ3v) is 8.44. The number of aromatic nitrogens is 1. The van der Waals surface area contributed by atoms with E-state index in [9.17, 15) is 23.2 Å². The summed E-state index contributed by atoms with van der Waals surface area (Å²) in [7, 11) is 1.18. The number of hydrogen-bond acceptors (Lipinski definition) is 6. The molecule has 0 bridgehead atoms. The molecular weight excluding hydrogens is 532 g/mol. The minimum atomic E-state index is -1.29. The summed E-state index contributed by atoms with van der Waals surface area (Å²) in [6.45, 7) is 3.18. The molecule has 2 aliphatic heterocycles. The second-order valence-corrected chi connectivity index (χ2v) is 10.8. The summed E-state index contributed by atoms with van der Waals surface area (Å²) in [4.78, 5) is 47.5. The van der Waals surface area contributed by atoms with Crippen LogP contribution in [0.2, 0.25) is 0 Å². The predicted octanol–water partition coefficient (Wildman–Crippen LogP) is 4.77. The molecule has 2 N–H and O–H groups in total. The van der Waals surface area contributed by atoms with Gasteiger partial charge >= 0.3 is 18.0 Å². The van der Waals surface area contributed by atoms with Crippen LogP contribution in [0.4, 0.5) is 18.4 Å². The number of benzene rings is 1. The molecule has 41 heavy (non-hydrogen) atoms. The standard InChI is InChI=1S/C30H35F2N5O4/c1-3-24-26(28(38)41-2)27(19-9-12-22(31)23(32)16-19)37(30(40)35-24)29(39)34-20-13-15-36(17-20)21-10-7-18(8-11-21)25-6-4-5-14-33-25/h4-6,9,12,14,16,18,20-21,27H,3,7-8,10-11,13,15,17H2,1-2H3,(H,34,39)(H,35,40)/t18?,20?,21?,27-/m0/s1. The molecule has 0 radical (unpaired) electrons. The van der Waals surface area contributed by atoms with E-state index >= 15 is 0 Å². The number of nitrogens with zero attached hydrogens (tertiary/aromatic N) is 3. The number of methoxy groups -OCH3 is 1. The Balaban J connectivity index is 1.30. The molecule has 3 aliphatic rings. The molecule has 11 heteroatoms. The molecule has 0 spiro atoms. The summed E-state index contributed by atoms with van der Waals surface area (Å²) < 4.78 is 33.0. The van der Waals surface area contributed by atoms with Crippen LogP contribution in [0.25, 0.3) is 0 Å². The Morgan fingerprint density at radius 1 is 1.10 bits per heavy atom. The molecule has 2 atom stereocenters. The summed E-state index contributed by atoms with van der Waals surface area (Å²) in [6, 6.07) is 6.52. The van der Waals surface area contributed by atoms with Crippen molar-refractivity contribution in [3.8, 4) is 0 Å². The minimum absolute atomic E-state index is 0.00604. The Labute approximate surface area is 237 Å². The van der Waals surface area contributed by atoms with Crippen molar-refractivity contribution in [2.75, 3.05) is 20.2 Å². The van der Waals surface area contributed by atoms with E-state index in [0.29, 0.717) is 24.9 Å². The number of allylic oxidation sites excluding steroid dienone is 1. The molecular formula is C30H35F2N5O4. The lowest BCUT2D eigenvalue weighted by Gasteiger charge is -2.37. The number of pyridine rings is 1. The maximum absolute atomic E-state index is 14.3. The molecule has 218 valence electrons. The van der Waals surface area contributed by atoms with Crippen molar-refractivity contribution in [3.05, 3.63) is 76.8 Å². The fourth-order valence-electron chi connectivity index (χ4n) is 6.33. The summed E-state index contributed by atoms with van der Waals surface area (Å²) in [5.41, 5.74) is 1.47. The van der Waals surface area contributed by atoms with Crippen LogP contribution >= 0.6 is 0 Å². The highest BCUT2D eigenvalue weighted by Crippen LogP contribution is 2.37. The zero-order valence-electron chi connectivity index (χ0n) is 23.2. The summed E-state index contributed by atoms with van der Waals surface area (Å²) >= 11 is 0. The van der Waals surface area contributed by atoms with Gasteiger partial charge in [-0.2, -0.15) is 0 Å². The van der Waals surface area contributed by atoms with Crippen molar-refractivity contribution in [2.24, 2.45) is 0 Å². The van der Waals surface area contributed by atoms with E-state index in [4.69, 9.17) is 4.74 Å². The summed E-state index contributed by atoms with van der Waals surface area (Å²) in [6.07, 6.45) is 7.00. The number of amides is 4. The van der Waals surface area contributed by atoms with E-state index in [2.05, 4.69) is 26.6 Å². The number of carbonyl (C=O) groups excluding carboxylic acids is 3. The molecule has 1 unspecified atom stereocenters. The average molecular weight is 568 g/mol. The van der Waals surface area contributed by atoms with E-state index in [1.165, 1.54) is 13.2 Å². The van der Waals surface area contributed by atoms with Gasteiger partial charge in [-0.3, -0.25) is 9.88 Å². The second-order valence-electron chi connectivity index (χ2n) is 10.8. The number of carbonyl (C=O) groups is 3. The fourth-order valence-corrected chi connectivity index (χ4v) is 6.33. The molecule has 5 rings (SSSR count). The molecule has 1 saturated heterocycles. The smallest absolute Gasteiger partial charge is 0.338 e. The third-order valence-electron chi connectivity index (χ3n) is 8.44. The zero-order chi connectivity index (χ0) is 29.1. The van der Waals surface area contributed by atoms with Gasteiger partial charge in [-0.15, -0.1) is 0 Å². The quantitative estimate of drug-likeness (QED) is 0.488. The van der Waals surface area contributed by atoms with Gasteiger partial charge in [-0.05, 0) is 68.4 Å². The van der Waals surface area contributed by atoms with Gasteiger partial charge in [0.1, 0.15) is 6.04 Å². The Morgan fingerprint density at radius 3 is 2.54 bits per heavy atom. The van der Waals surface area contributed by atoms with Crippen LogP contribution in [0.3, 0.4) is 0 Å². The van der Waals surface area contributed by atoms with Gasteiger partial charge in [0.25, 0.3) is 0 Å². The van der Waals surface area contributed by atoms with Gasteiger partial charge in [0.15, 0.2) is 11.6 Å². The van der Waals surface area contributed by atoms with Gasteiger partial charge < -0.3 is 15.4 Å². The lowest BCUT2D eigenvalue weighted by Crippen LogP contribution is -2.56. The fraction of sp³-hybridized carbons (Fsp3) is 0.467. The maximum Gasteiger partial charge on any atom is 0.338 e. The number of halogens is 2. The lowest BCUT2D eigenvalue weighted by atomic mass is 9.83. The molecule has 3 heterocycles. The number of urea groups is 2. The first-order valence-electron chi connectivity index (χ1n) is 14.1. The van der Waals surface area contributed by atoms with Crippen LogP contribution in [-0.4, -0.2) is 65.1 Å². The molecule has 2 aromatic rings. The molecule has 2 fully saturated rings. The highest BCUT2D eigenvalue weighted by Gasteiger charge is 2.44. The van der Waals surface area contributed by atoms with Crippen molar-refractivity contribution >= 4 is 18.0 Å². The summed E-state index contributed by atoms with van der Waals surface area (Å²) in [5, 5.41) is 5.56. The van der Waals surface area contributed by atoms with Crippen LogP contribution < -0.4 is 10.6 Å². The predicted molar refractivity (Wildman–Crippen MR) is 147 cm³/mol. The first-order valence-corrected chi connectivity index (χ1v) is 14.1. The van der Waals surface area contributed by atoms with Crippen molar-refractivity contribution in [1.29, 1.82) is 0 Å². The second kappa shape index (κ2) is 12.3. The van der Waals surface area contributed by atoms with Crippen LogP contribution in [0.15, 0.2) is 53.9 Å². The van der Waals surface area contributed by atoms with Gasteiger partial charge in [0, 0.05) is 48.7 Å². The number of esters is 1. The Hall–Kier alpha value is -3.86. The van der Waals surface area contributed by atoms with Crippen LogP contribution in [0, 0.1) is 11.6 Å². The average Bonchev–Trinajstić information content (AvgIpc) is 3.46. The normalized spacial score (nSPS) is 25.2. The first-order chi connectivity index (χ1) is 19.8. The van der Waals surface area contributed by atoms with Crippen molar-refractivity contribution in [1.82, 2.24) is 25.4 Å². The van der Waals surface area contributed by atoms with Crippen molar-refractivity contribution < 1.29 is 27.9 Å². The third kappa shape index (κ3) is 5.95. The number of rotatable bonds is 6. The molecule has 1 aliphatic carbocycles. The van der Waals surface area contributed by atoms with Gasteiger partial charge in [-0.1, -0.05) is 19.1 Å². The van der Waals surface area contributed by atoms with Crippen molar-refractivity contribution in [2.45, 2.75) is 69.5 Å². The topological polar surface area (TPSA) is 104 Å². The number of nitrogens with one attached hydrogen (secondary N) is 2. The lowest BCUT2D eigenvalue weighted by molar-refractivity contribution is -0.136. The SMILES string of the molecule is CCC1=C(C(=O)OC)[C@H](c2ccc(F)c(F)c2)N(C(=O)NC2CCN(C3CCC(c4ccccn4)CC3)C2)C(=O)N1. The summed E-state index contributed by atoms with van der Waals surface area (Å²) in [5.74, 6) is -2.55. The molecule has 4 amide bonds. The largest absolute Gasteiger partial charge is 0.466 e. The maximum atomic E-state index is 14.3. The van der Waals surface area contributed by atoms with Crippen molar-refractivity contribution in [3.63, 3.8) is 0 Å². The Bertz CT molecular complexity index is 1330. The monoisotopic (exact) mass is 567 g/mol. The first kappa shape index (κ1) is 28.7. The van der Waals surface area contributed by atoms with Crippen LogP contribution in [0.1, 0.15) is 68.7 Å². The highest BCUT2D eigenvalue weighted by atomic mass is 19.2. The molecule has 9 nitrogen and oxygen atoms in total. The number of ether oxygens (including phenoxy) is 1. The Morgan fingerprint density at radius 2 is 1.88 bits per heavy atom. The highest BCUT2D eigenvalue weighted by molar-refractivity contribution is 6.01. The minimum Gasteiger partial charge on any atom is -0.466 e. The van der Waals surface area contributed by atoms with E-state index in [0.717, 1.165) is 55.0 Å². The van der Waals surface area contributed by atoms with E-state index in [1.54, 1.807) is 6.92 Å². The molecule has 1 saturated carbocycles. The molecule has 1 aromatic carbocycles. The van der Waals surface area contributed by atoms with Gasteiger partial charge in [0.05, 0.1) is 12.7 Å². The van der Waals surface area contributed by atoms with E-state index in [-0.39, 0.29) is 29.3 Å².